The van der Waals surface area contributed by atoms with Crippen molar-refractivity contribution < 1.29 is 13.9 Å². The molecule has 1 aliphatic rings. The Labute approximate surface area is 174 Å². The van der Waals surface area contributed by atoms with Gasteiger partial charge in [0.2, 0.25) is 0 Å². The summed E-state index contributed by atoms with van der Waals surface area (Å²) in [5.41, 5.74) is 0. The normalized spacial score (nSPS) is 16.3. The summed E-state index contributed by atoms with van der Waals surface area (Å²) in [5.74, 6) is 1.66. The molecule has 1 aliphatic heterocycles. The van der Waals surface area contributed by atoms with Gasteiger partial charge in [-0.25, -0.2) is 0 Å². The molecule has 150 valence electrons. The zero-order chi connectivity index (χ0) is 20.3. The Balaban J connectivity index is 1.77. The van der Waals surface area contributed by atoms with Crippen molar-refractivity contribution in [3.8, 4) is 11.5 Å². The Morgan fingerprint density at radius 2 is 1.38 bits per heavy atom. The molecule has 1 atom stereocenters. The third kappa shape index (κ3) is 4.24. The molecule has 0 aromatic heterocycles. The van der Waals surface area contributed by atoms with E-state index < -0.39 is 8.32 Å². The fourth-order valence-corrected chi connectivity index (χ4v) is 8.22. The van der Waals surface area contributed by atoms with Gasteiger partial charge < -0.3 is 13.9 Å². The molecule has 3 aromatic rings. The molecule has 0 bridgehead atoms. The first kappa shape index (κ1) is 19.7. The summed E-state index contributed by atoms with van der Waals surface area (Å²) >= 11 is 0. The minimum Gasteiger partial charge on any atom is -0.534 e. The molecule has 0 aliphatic carbocycles. The van der Waals surface area contributed by atoms with Crippen LogP contribution in [0.25, 0.3) is 0 Å². The number of hydrogen-bond acceptors (Lipinski definition) is 3. The fraction of sp³-hybridized carbons (Fsp3) is 0.280. The van der Waals surface area contributed by atoms with Gasteiger partial charge in [0.15, 0.2) is 0 Å². The summed E-state index contributed by atoms with van der Waals surface area (Å²) in [5, 5.41) is 2.45. The fourth-order valence-electron chi connectivity index (χ4n) is 3.81. The molecule has 0 saturated carbocycles. The highest BCUT2D eigenvalue weighted by molar-refractivity contribution is 7.00. The van der Waals surface area contributed by atoms with Gasteiger partial charge in [-0.05, 0) is 27.5 Å². The van der Waals surface area contributed by atoms with Crippen LogP contribution in [0.2, 0.25) is 5.04 Å². The van der Waals surface area contributed by atoms with Crippen molar-refractivity contribution in [1.29, 1.82) is 0 Å². The van der Waals surface area contributed by atoms with Gasteiger partial charge in [0.1, 0.15) is 24.2 Å². The summed E-state index contributed by atoms with van der Waals surface area (Å²) < 4.78 is 18.2. The zero-order valence-electron chi connectivity index (χ0n) is 17.3. The molecular formula is C25H28O3Si. The van der Waals surface area contributed by atoms with E-state index in [-0.39, 0.29) is 11.1 Å². The quantitative estimate of drug-likeness (QED) is 0.432. The van der Waals surface area contributed by atoms with Crippen LogP contribution in [0.1, 0.15) is 20.8 Å². The SMILES string of the molecule is CC(C)(C)[Si](Oc1cccc(OC[C@@H]2CO2)c1)(c1ccccc1)c1ccccc1. The zero-order valence-corrected chi connectivity index (χ0v) is 18.3. The van der Waals surface area contributed by atoms with Crippen molar-refractivity contribution in [2.75, 3.05) is 13.2 Å². The number of benzene rings is 3. The highest BCUT2D eigenvalue weighted by Gasteiger charge is 2.52. The second kappa shape index (κ2) is 8.05. The van der Waals surface area contributed by atoms with Crippen molar-refractivity contribution in [1.82, 2.24) is 0 Å². The van der Waals surface area contributed by atoms with Gasteiger partial charge in [-0.2, -0.15) is 0 Å². The van der Waals surface area contributed by atoms with Crippen molar-refractivity contribution in [2.45, 2.75) is 31.9 Å². The van der Waals surface area contributed by atoms with Crippen molar-refractivity contribution >= 4 is 18.7 Å². The van der Waals surface area contributed by atoms with Crippen molar-refractivity contribution in [3.05, 3.63) is 84.9 Å². The van der Waals surface area contributed by atoms with Crippen LogP contribution in [-0.4, -0.2) is 27.6 Å². The molecule has 1 saturated heterocycles. The van der Waals surface area contributed by atoms with Gasteiger partial charge in [0.05, 0.1) is 6.61 Å². The Hall–Kier alpha value is -2.56. The molecule has 0 amide bonds. The summed E-state index contributed by atoms with van der Waals surface area (Å²) in [6.45, 7) is 8.22. The second-order valence-corrected chi connectivity index (χ2v) is 12.7. The van der Waals surface area contributed by atoms with Crippen LogP contribution in [0, 0.1) is 0 Å². The van der Waals surface area contributed by atoms with E-state index in [9.17, 15) is 0 Å². The van der Waals surface area contributed by atoms with Gasteiger partial charge in [0, 0.05) is 6.07 Å². The lowest BCUT2D eigenvalue weighted by atomic mass is 10.2. The van der Waals surface area contributed by atoms with Gasteiger partial charge in [-0.1, -0.05) is 87.5 Å². The number of hydrogen-bond donors (Lipinski definition) is 0. The predicted octanol–water partition coefficient (Wildman–Crippen LogP) is 4.40. The minimum absolute atomic E-state index is 0.0750. The molecule has 0 unspecified atom stereocenters. The van der Waals surface area contributed by atoms with E-state index in [4.69, 9.17) is 13.9 Å². The molecule has 29 heavy (non-hydrogen) atoms. The Morgan fingerprint density at radius 1 is 0.828 bits per heavy atom. The van der Waals surface area contributed by atoms with Crippen LogP contribution in [-0.2, 0) is 4.74 Å². The number of epoxide rings is 1. The Kier molecular flexibility index (Phi) is 5.48. The molecule has 1 fully saturated rings. The maximum absolute atomic E-state index is 7.03. The summed E-state index contributed by atoms with van der Waals surface area (Å²) in [4.78, 5) is 0. The van der Waals surface area contributed by atoms with E-state index in [0.717, 1.165) is 18.1 Å². The van der Waals surface area contributed by atoms with Crippen LogP contribution >= 0.6 is 0 Å². The molecule has 3 aromatic carbocycles. The third-order valence-electron chi connectivity index (χ3n) is 5.33. The molecule has 1 heterocycles. The summed E-state index contributed by atoms with van der Waals surface area (Å²) in [6.07, 6.45) is 0.233. The molecule has 0 N–H and O–H groups in total. The van der Waals surface area contributed by atoms with Crippen LogP contribution in [0.5, 0.6) is 11.5 Å². The monoisotopic (exact) mass is 404 g/mol. The lowest BCUT2D eigenvalue weighted by Gasteiger charge is -2.43. The lowest BCUT2D eigenvalue weighted by molar-refractivity contribution is 0.262. The van der Waals surface area contributed by atoms with E-state index >= 15 is 0 Å². The molecule has 4 heteroatoms. The Bertz CT molecular complexity index is 892. The van der Waals surface area contributed by atoms with E-state index in [1.165, 1.54) is 10.4 Å². The van der Waals surface area contributed by atoms with Crippen LogP contribution < -0.4 is 19.5 Å². The van der Waals surface area contributed by atoms with E-state index in [0.29, 0.717) is 6.61 Å². The lowest BCUT2D eigenvalue weighted by Crippen LogP contribution is -2.68. The molecule has 0 radical (unpaired) electrons. The van der Waals surface area contributed by atoms with Crippen LogP contribution in [0.4, 0.5) is 0 Å². The van der Waals surface area contributed by atoms with Crippen LogP contribution in [0.15, 0.2) is 84.9 Å². The third-order valence-corrected chi connectivity index (χ3v) is 10.3. The van der Waals surface area contributed by atoms with Gasteiger partial charge >= 0.3 is 8.32 Å². The number of ether oxygens (including phenoxy) is 2. The van der Waals surface area contributed by atoms with Gasteiger partial charge in [-0.15, -0.1) is 0 Å². The maximum atomic E-state index is 7.03. The highest BCUT2D eigenvalue weighted by Crippen LogP contribution is 2.38. The predicted molar refractivity (Wildman–Crippen MR) is 120 cm³/mol. The van der Waals surface area contributed by atoms with Crippen molar-refractivity contribution in [3.63, 3.8) is 0 Å². The van der Waals surface area contributed by atoms with E-state index in [1.54, 1.807) is 0 Å². The first-order valence-electron chi connectivity index (χ1n) is 10.1. The molecule has 3 nitrogen and oxygen atoms in total. The van der Waals surface area contributed by atoms with E-state index in [1.807, 2.05) is 24.3 Å². The van der Waals surface area contributed by atoms with Gasteiger partial charge in [-0.3, -0.25) is 0 Å². The molecular weight excluding hydrogens is 376 g/mol. The highest BCUT2D eigenvalue weighted by atomic mass is 28.4. The van der Waals surface area contributed by atoms with E-state index in [2.05, 4.69) is 81.4 Å². The summed E-state index contributed by atoms with van der Waals surface area (Å²) in [7, 11) is -2.63. The number of rotatable bonds is 7. The maximum Gasteiger partial charge on any atom is 0.319 e. The first-order chi connectivity index (χ1) is 14.0. The second-order valence-electron chi connectivity index (χ2n) is 8.51. The Morgan fingerprint density at radius 3 is 1.90 bits per heavy atom. The smallest absolute Gasteiger partial charge is 0.319 e. The average Bonchev–Trinajstić information content (AvgIpc) is 3.56. The minimum atomic E-state index is -2.63. The van der Waals surface area contributed by atoms with Crippen LogP contribution in [0.3, 0.4) is 0 Å². The van der Waals surface area contributed by atoms with Gasteiger partial charge in [0.25, 0.3) is 0 Å². The summed E-state index contributed by atoms with van der Waals surface area (Å²) in [6, 6.07) is 29.3. The molecule has 4 rings (SSSR count). The first-order valence-corrected chi connectivity index (χ1v) is 12.0. The average molecular weight is 405 g/mol. The molecule has 0 spiro atoms. The largest absolute Gasteiger partial charge is 0.534 e. The standard InChI is InChI=1S/C25H28O3Si/c1-25(2,3)29(23-13-6-4-7-14-23,24-15-8-5-9-16-24)28-21-12-10-11-20(17-21)26-18-22-19-27-22/h4-17,22H,18-19H2,1-3H3/t22-/m1/s1. The van der Waals surface area contributed by atoms with Crippen molar-refractivity contribution in [2.24, 2.45) is 0 Å². The topological polar surface area (TPSA) is 31.0 Å².